The number of hydrogen-bond acceptors (Lipinski definition) is 4. The van der Waals surface area contributed by atoms with Gasteiger partial charge in [0.1, 0.15) is 12.0 Å². The monoisotopic (exact) mass is 638 g/mol. The van der Waals surface area contributed by atoms with E-state index in [1.807, 2.05) is 75.0 Å². The highest BCUT2D eigenvalue weighted by molar-refractivity contribution is 5.98. The van der Waals surface area contributed by atoms with E-state index in [4.69, 9.17) is 4.98 Å². The lowest BCUT2D eigenvalue weighted by Gasteiger charge is -2.28. The molecule has 8 nitrogen and oxygen atoms in total. The molecular weight excluding hydrogens is 586 g/mol. The van der Waals surface area contributed by atoms with E-state index in [0.717, 1.165) is 55.5 Å². The summed E-state index contributed by atoms with van der Waals surface area (Å²) in [7, 11) is 3.63. The predicted molar refractivity (Wildman–Crippen MR) is 183 cm³/mol. The zero-order valence-corrected chi connectivity index (χ0v) is 28.9. The first kappa shape index (κ1) is 36.7. The van der Waals surface area contributed by atoms with E-state index >= 15 is 4.39 Å². The Morgan fingerprint density at radius 1 is 1.07 bits per heavy atom. The van der Waals surface area contributed by atoms with Gasteiger partial charge < -0.3 is 19.7 Å². The Bertz CT molecular complexity index is 1590. The molecule has 4 aromatic rings. The zero-order chi connectivity index (χ0) is 34.0. The first-order valence-electron chi connectivity index (χ1n) is 16.8. The summed E-state index contributed by atoms with van der Waals surface area (Å²) in [6, 6.07) is 10.4. The SMILES string of the molecule is CC.CC.CCCC(c1ccc(-c2cn3c4ccc(C(=O)NCCCN5CCC(F)CC5)cc4n(C)c3n2)c(F)c1)N(C)C(C)=O. The minimum atomic E-state index is -0.680. The summed E-state index contributed by atoms with van der Waals surface area (Å²) in [6.07, 6.45) is 4.75. The standard InChI is InChI=1S/C32H40F2N6O2.2C2H6/c1-5-7-28(37(3)21(2)41)22-8-10-25(26(34)18-22)27-20-40-29-11-9-23(19-30(29)38(4)32(40)36-27)31(42)35-14-6-15-39-16-12-24(33)13-17-39;2*1-2/h8-11,18-20,24,28H,5-7,12-17H2,1-4H3,(H,35,42);2*1-2H3. The second-order valence-electron chi connectivity index (χ2n) is 11.4. The fourth-order valence-corrected chi connectivity index (χ4v) is 5.91. The second-order valence-corrected chi connectivity index (χ2v) is 11.4. The highest BCUT2D eigenvalue weighted by Gasteiger charge is 2.22. The lowest BCUT2D eigenvalue weighted by Crippen LogP contribution is -2.36. The number of likely N-dealkylation sites (tertiary alicyclic amines) is 1. The molecule has 10 heteroatoms. The molecule has 1 aliphatic heterocycles. The minimum Gasteiger partial charge on any atom is -0.352 e. The van der Waals surface area contributed by atoms with Crippen molar-refractivity contribution >= 4 is 28.6 Å². The fourth-order valence-electron chi connectivity index (χ4n) is 5.91. The highest BCUT2D eigenvalue weighted by Crippen LogP contribution is 2.31. The van der Waals surface area contributed by atoms with E-state index in [1.54, 1.807) is 24.1 Å². The van der Waals surface area contributed by atoms with Gasteiger partial charge in [0, 0.05) is 58.0 Å². The molecule has 46 heavy (non-hydrogen) atoms. The molecule has 3 heterocycles. The molecule has 1 unspecified atom stereocenters. The number of carbonyl (C=O) groups is 2. The Balaban J connectivity index is 0.00000139. The number of hydrogen-bond donors (Lipinski definition) is 1. The Kier molecular flexibility index (Phi) is 13.7. The molecule has 1 aliphatic rings. The summed E-state index contributed by atoms with van der Waals surface area (Å²) >= 11 is 0. The number of aryl methyl sites for hydroxylation is 1. The maximum atomic E-state index is 15.4. The van der Waals surface area contributed by atoms with Crippen LogP contribution in [0.4, 0.5) is 8.78 Å². The van der Waals surface area contributed by atoms with Crippen molar-refractivity contribution in [1.29, 1.82) is 0 Å². The molecule has 1 saturated heterocycles. The lowest BCUT2D eigenvalue weighted by molar-refractivity contribution is -0.129. The van der Waals surface area contributed by atoms with Crippen LogP contribution in [0.15, 0.2) is 42.6 Å². The number of amides is 2. The molecular formula is C36H52F2N6O2. The first-order chi connectivity index (χ1) is 22.2. The van der Waals surface area contributed by atoms with Crippen molar-refractivity contribution in [2.24, 2.45) is 7.05 Å². The van der Waals surface area contributed by atoms with Gasteiger partial charge >= 0.3 is 0 Å². The van der Waals surface area contributed by atoms with E-state index in [0.29, 0.717) is 42.0 Å². The van der Waals surface area contributed by atoms with E-state index in [9.17, 15) is 14.0 Å². The van der Waals surface area contributed by atoms with Gasteiger partial charge in [0.25, 0.3) is 5.91 Å². The molecule has 2 amide bonds. The molecule has 0 spiro atoms. The molecule has 252 valence electrons. The quantitative estimate of drug-likeness (QED) is 0.182. The van der Waals surface area contributed by atoms with Crippen LogP contribution in [-0.4, -0.2) is 75.0 Å². The Morgan fingerprint density at radius 3 is 2.39 bits per heavy atom. The number of alkyl halides is 1. The van der Waals surface area contributed by atoms with Crippen LogP contribution in [0.2, 0.25) is 0 Å². The van der Waals surface area contributed by atoms with E-state index in [2.05, 4.69) is 10.2 Å². The molecule has 0 aliphatic carbocycles. The molecule has 0 radical (unpaired) electrons. The summed E-state index contributed by atoms with van der Waals surface area (Å²) in [6.45, 7) is 14.5. The van der Waals surface area contributed by atoms with E-state index in [1.165, 1.54) is 13.0 Å². The van der Waals surface area contributed by atoms with Crippen LogP contribution in [0, 0.1) is 5.82 Å². The van der Waals surface area contributed by atoms with Gasteiger partial charge in [-0.05, 0) is 68.1 Å². The normalized spacial score (nSPS) is 14.3. The van der Waals surface area contributed by atoms with Crippen molar-refractivity contribution in [1.82, 2.24) is 29.1 Å². The molecule has 5 rings (SSSR count). The van der Waals surface area contributed by atoms with Crippen LogP contribution < -0.4 is 5.32 Å². The highest BCUT2D eigenvalue weighted by atomic mass is 19.1. The van der Waals surface area contributed by atoms with Crippen molar-refractivity contribution in [3.63, 3.8) is 0 Å². The number of carbonyl (C=O) groups excluding carboxylic acids is 2. The largest absolute Gasteiger partial charge is 0.352 e. The minimum absolute atomic E-state index is 0.0582. The topological polar surface area (TPSA) is 74.9 Å². The average Bonchev–Trinajstić information content (AvgIpc) is 3.62. The van der Waals surface area contributed by atoms with Gasteiger partial charge in [-0.25, -0.2) is 13.8 Å². The van der Waals surface area contributed by atoms with Crippen LogP contribution in [-0.2, 0) is 11.8 Å². The molecule has 1 N–H and O–H groups in total. The van der Waals surface area contributed by atoms with E-state index < -0.39 is 6.17 Å². The summed E-state index contributed by atoms with van der Waals surface area (Å²) < 4.78 is 32.5. The van der Waals surface area contributed by atoms with Crippen LogP contribution >= 0.6 is 0 Å². The van der Waals surface area contributed by atoms with Gasteiger partial charge in [0.15, 0.2) is 0 Å². The Morgan fingerprint density at radius 2 is 1.76 bits per heavy atom. The van der Waals surface area contributed by atoms with Crippen molar-refractivity contribution in [3.8, 4) is 11.3 Å². The van der Waals surface area contributed by atoms with Gasteiger partial charge in [-0.3, -0.25) is 14.0 Å². The van der Waals surface area contributed by atoms with Crippen LogP contribution in [0.25, 0.3) is 28.1 Å². The van der Waals surface area contributed by atoms with Crippen LogP contribution in [0.3, 0.4) is 0 Å². The zero-order valence-electron chi connectivity index (χ0n) is 28.9. The average molecular weight is 639 g/mol. The number of halogens is 2. The van der Waals surface area contributed by atoms with Gasteiger partial charge in [0.05, 0.1) is 22.8 Å². The third-order valence-corrected chi connectivity index (χ3v) is 8.48. The Labute approximate surface area is 272 Å². The van der Waals surface area contributed by atoms with Crippen LogP contribution in [0.5, 0.6) is 0 Å². The van der Waals surface area contributed by atoms with Crippen molar-refractivity contribution < 1.29 is 18.4 Å². The van der Waals surface area contributed by atoms with Gasteiger partial charge in [-0.15, -0.1) is 0 Å². The predicted octanol–water partition coefficient (Wildman–Crippen LogP) is 7.56. The maximum Gasteiger partial charge on any atom is 0.251 e. The van der Waals surface area contributed by atoms with Crippen LogP contribution in [0.1, 0.15) is 95.6 Å². The second kappa shape index (κ2) is 17.2. The van der Waals surface area contributed by atoms with Crippen molar-refractivity contribution in [3.05, 3.63) is 59.5 Å². The van der Waals surface area contributed by atoms with Gasteiger partial charge in [-0.1, -0.05) is 47.1 Å². The number of aromatic nitrogens is 3. The summed E-state index contributed by atoms with van der Waals surface area (Å²) in [5.74, 6) is 0.0531. The molecule has 1 atom stereocenters. The number of imidazole rings is 2. The summed E-state index contributed by atoms with van der Waals surface area (Å²) in [5, 5.41) is 2.99. The fraction of sp³-hybridized carbons (Fsp3) is 0.528. The number of fused-ring (bicyclic) bond motifs is 3. The molecule has 2 aromatic carbocycles. The summed E-state index contributed by atoms with van der Waals surface area (Å²) in [4.78, 5) is 33.5. The third-order valence-electron chi connectivity index (χ3n) is 8.48. The molecule has 1 fully saturated rings. The lowest BCUT2D eigenvalue weighted by atomic mass is 9.98. The Hall–Kier alpha value is -3.79. The van der Waals surface area contributed by atoms with Crippen molar-refractivity contribution in [2.45, 2.75) is 85.9 Å². The number of benzene rings is 2. The first-order valence-corrected chi connectivity index (χ1v) is 16.8. The van der Waals surface area contributed by atoms with E-state index in [-0.39, 0.29) is 23.7 Å². The number of nitrogens with zero attached hydrogens (tertiary/aromatic N) is 5. The number of nitrogens with one attached hydrogen (secondary N) is 1. The third kappa shape index (κ3) is 8.32. The van der Waals surface area contributed by atoms with Crippen molar-refractivity contribution in [2.75, 3.05) is 33.2 Å². The molecule has 0 bridgehead atoms. The maximum absolute atomic E-state index is 15.4. The molecule has 0 saturated carbocycles. The van der Waals surface area contributed by atoms with Gasteiger partial charge in [-0.2, -0.15) is 0 Å². The van der Waals surface area contributed by atoms with Gasteiger partial charge in [0.2, 0.25) is 11.7 Å². The number of piperidine rings is 1. The number of rotatable bonds is 10. The summed E-state index contributed by atoms with van der Waals surface area (Å²) in [5.41, 5.74) is 3.93. The smallest absolute Gasteiger partial charge is 0.251 e. The molecule has 2 aromatic heterocycles.